The zero-order valence-electron chi connectivity index (χ0n) is 19.5. The van der Waals surface area contributed by atoms with Crippen LogP contribution in [0.5, 0.6) is 11.5 Å². The van der Waals surface area contributed by atoms with Crippen LogP contribution in [-0.4, -0.2) is 30.9 Å². The molecule has 0 aliphatic heterocycles. The van der Waals surface area contributed by atoms with Gasteiger partial charge in [-0.25, -0.2) is 0 Å². The molecule has 2 rings (SSSR count). The molecular weight excluding hydrogens is 406 g/mol. The smallest absolute Gasteiger partial charge is 0.310 e. The van der Waals surface area contributed by atoms with Gasteiger partial charge in [-0.2, -0.15) is 0 Å². The van der Waals surface area contributed by atoms with Crippen molar-refractivity contribution in [1.29, 1.82) is 0 Å². The number of carbonyl (C=O) groups is 1. The van der Waals surface area contributed by atoms with Crippen LogP contribution in [0.15, 0.2) is 59.9 Å². The summed E-state index contributed by atoms with van der Waals surface area (Å²) >= 11 is 0. The van der Waals surface area contributed by atoms with E-state index in [1.165, 1.54) is 0 Å². The quantitative estimate of drug-likeness (QED) is 0.309. The second-order valence-corrected chi connectivity index (χ2v) is 7.48. The van der Waals surface area contributed by atoms with Crippen molar-refractivity contribution in [3.63, 3.8) is 0 Å². The molecule has 1 unspecified atom stereocenters. The number of ether oxygens (including phenoxy) is 3. The summed E-state index contributed by atoms with van der Waals surface area (Å²) in [5.41, 5.74) is 9.89. The van der Waals surface area contributed by atoms with Crippen LogP contribution in [0.4, 0.5) is 0 Å². The summed E-state index contributed by atoms with van der Waals surface area (Å²) in [6.07, 6.45) is 1.64. The standard InChI is InChI=1S/C26H33NO5/c1-6-31-25(29)15-22-11-8-12-24(30-5)26(22)32-19(4)17(2)13-23(18(3)28)21-10-7-9-20(14-21)16-27/h7-14,19,28H,6,15-16,27H2,1-5H3/b17-13+,23-18-. The van der Waals surface area contributed by atoms with E-state index in [4.69, 9.17) is 19.9 Å². The number of esters is 1. The van der Waals surface area contributed by atoms with Crippen LogP contribution in [-0.2, 0) is 22.5 Å². The Bertz CT molecular complexity index is 989. The molecule has 0 aliphatic rings. The number of aliphatic hydroxyl groups is 1. The molecule has 0 spiro atoms. The first-order chi connectivity index (χ1) is 15.3. The number of para-hydroxylation sites is 1. The first kappa shape index (κ1) is 25.0. The van der Waals surface area contributed by atoms with Crippen LogP contribution < -0.4 is 15.2 Å². The first-order valence-corrected chi connectivity index (χ1v) is 10.7. The Morgan fingerprint density at radius 1 is 1.19 bits per heavy atom. The highest BCUT2D eigenvalue weighted by Gasteiger charge is 2.18. The van der Waals surface area contributed by atoms with Gasteiger partial charge in [-0.15, -0.1) is 0 Å². The van der Waals surface area contributed by atoms with E-state index in [9.17, 15) is 9.90 Å². The molecule has 0 saturated carbocycles. The fraction of sp³-hybridized carbons (Fsp3) is 0.346. The summed E-state index contributed by atoms with van der Waals surface area (Å²) in [5.74, 6) is 0.910. The topological polar surface area (TPSA) is 91.0 Å². The highest BCUT2D eigenvalue weighted by Crippen LogP contribution is 2.34. The Morgan fingerprint density at radius 3 is 2.53 bits per heavy atom. The van der Waals surface area contributed by atoms with E-state index in [2.05, 4.69) is 0 Å². The number of methoxy groups -OCH3 is 1. The van der Waals surface area contributed by atoms with Gasteiger partial charge in [0.2, 0.25) is 0 Å². The minimum atomic E-state index is -0.348. The Kier molecular flexibility index (Phi) is 9.35. The Labute approximate surface area is 190 Å². The summed E-state index contributed by atoms with van der Waals surface area (Å²) < 4.78 is 16.8. The van der Waals surface area contributed by atoms with Crippen molar-refractivity contribution < 1.29 is 24.1 Å². The van der Waals surface area contributed by atoms with Crippen LogP contribution in [0.25, 0.3) is 5.57 Å². The maximum absolute atomic E-state index is 12.0. The molecule has 0 aromatic heterocycles. The van der Waals surface area contributed by atoms with E-state index in [-0.39, 0.29) is 24.3 Å². The number of aliphatic hydroxyl groups excluding tert-OH is 1. The molecule has 1 atom stereocenters. The summed E-state index contributed by atoms with van der Waals surface area (Å²) in [4.78, 5) is 12.0. The molecule has 3 N–H and O–H groups in total. The second kappa shape index (κ2) is 12.0. The molecule has 6 nitrogen and oxygen atoms in total. The van der Waals surface area contributed by atoms with E-state index >= 15 is 0 Å². The van der Waals surface area contributed by atoms with Crippen molar-refractivity contribution >= 4 is 11.5 Å². The van der Waals surface area contributed by atoms with Crippen LogP contribution in [0.3, 0.4) is 0 Å². The number of rotatable bonds is 10. The van der Waals surface area contributed by atoms with E-state index in [0.717, 1.165) is 16.7 Å². The fourth-order valence-corrected chi connectivity index (χ4v) is 3.24. The van der Waals surface area contributed by atoms with Crippen LogP contribution in [0.1, 0.15) is 44.4 Å². The molecule has 0 fully saturated rings. The number of allylic oxidation sites excluding steroid dienone is 3. The molecular formula is C26H33NO5. The van der Waals surface area contributed by atoms with Crippen molar-refractivity contribution in [3.8, 4) is 11.5 Å². The van der Waals surface area contributed by atoms with Crippen molar-refractivity contribution in [2.45, 2.75) is 46.8 Å². The molecule has 0 radical (unpaired) electrons. The fourth-order valence-electron chi connectivity index (χ4n) is 3.24. The van der Waals surface area contributed by atoms with Crippen LogP contribution in [0, 0.1) is 0 Å². The molecule has 0 amide bonds. The maximum atomic E-state index is 12.0. The van der Waals surface area contributed by atoms with E-state index in [1.807, 2.05) is 56.3 Å². The molecule has 2 aromatic carbocycles. The SMILES string of the molecule is CCOC(=O)Cc1cccc(OC)c1OC(C)/C(C)=C/C(=C(\C)O)c1cccc(CN)c1. The van der Waals surface area contributed by atoms with Gasteiger partial charge in [0, 0.05) is 17.7 Å². The second-order valence-electron chi connectivity index (χ2n) is 7.48. The molecule has 0 heterocycles. The zero-order chi connectivity index (χ0) is 23.7. The Morgan fingerprint density at radius 2 is 1.91 bits per heavy atom. The lowest BCUT2D eigenvalue weighted by molar-refractivity contribution is -0.142. The van der Waals surface area contributed by atoms with Gasteiger partial charge in [-0.05, 0) is 62.6 Å². The minimum absolute atomic E-state index is 0.0859. The van der Waals surface area contributed by atoms with Gasteiger partial charge in [0.05, 0.1) is 25.9 Å². The van der Waals surface area contributed by atoms with Crippen molar-refractivity contribution in [1.82, 2.24) is 0 Å². The third-order valence-electron chi connectivity index (χ3n) is 5.09. The molecule has 0 saturated heterocycles. The van der Waals surface area contributed by atoms with Gasteiger partial charge < -0.3 is 25.1 Å². The number of carbonyl (C=O) groups excluding carboxylic acids is 1. The van der Waals surface area contributed by atoms with E-state index in [0.29, 0.717) is 35.8 Å². The third-order valence-corrected chi connectivity index (χ3v) is 5.09. The monoisotopic (exact) mass is 439 g/mol. The van der Waals surface area contributed by atoms with Gasteiger partial charge in [-0.1, -0.05) is 30.3 Å². The summed E-state index contributed by atoms with van der Waals surface area (Å²) in [6.45, 7) is 8.00. The third kappa shape index (κ3) is 6.62. The molecule has 0 aliphatic carbocycles. The lowest BCUT2D eigenvalue weighted by Gasteiger charge is -2.21. The van der Waals surface area contributed by atoms with Crippen LogP contribution >= 0.6 is 0 Å². The molecule has 172 valence electrons. The lowest BCUT2D eigenvalue weighted by atomic mass is 9.98. The van der Waals surface area contributed by atoms with E-state index in [1.54, 1.807) is 27.0 Å². The number of benzene rings is 2. The zero-order valence-corrected chi connectivity index (χ0v) is 19.5. The lowest BCUT2D eigenvalue weighted by Crippen LogP contribution is -2.16. The largest absolute Gasteiger partial charge is 0.512 e. The first-order valence-electron chi connectivity index (χ1n) is 10.7. The van der Waals surface area contributed by atoms with Crippen molar-refractivity contribution in [2.75, 3.05) is 13.7 Å². The van der Waals surface area contributed by atoms with Crippen LogP contribution in [0.2, 0.25) is 0 Å². The predicted octanol–water partition coefficient (Wildman–Crippen LogP) is 4.96. The van der Waals surface area contributed by atoms with E-state index < -0.39 is 0 Å². The summed E-state index contributed by atoms with van der Waals surface area (Å²) in [7, 11) is 1.56. The average Bonchev–Trinajstić information content (AvgIpc) is 2.78. The van der Waals surface area contributed by atoms with Gasteiger partial charge >= 0.3 is 5.97 Å². The Hall–Kier alpha value is -3.25. The summed E-state index contributed by atoms with van der Waals surface area (Å²) in [6, 6.07) is 13.2. The van der Waals surface area contributed by atoms with Gasteiger partial charge in [0.1, 0.15) is 6.10 Å². The number of nitrogens with two attached hydrogens (primary N) is 1. The molecule has 6 heteroatoms. The van der Waals surface area contributed by atoms with Gasteiger partial charge in [0.25, 0.3) is 0 Å². The minimum Gasteiger partial charge on any atom is -0.512 e. The highest BCUT2D eigenvalue weighted by atomic mass is 16.5. The molecule has 0 bridgehead atoms. The van der Waals surface area contributed by atoms with Gasteiger partial charge in [0.15, 0.2) is 11.5 Å². The number of hydrogen-bond donors (Lipinski definition) is 2. The average molecular weight is 440 g/mol. The number of hydrogen-bond acceptors (Lipinski definition) is 6. The van der Waals surface area contributed by atoms with Crippen molar-refractivity contribution in [2.24, 2.45) is 5.73 Å². The van der Waals surface area contributed by atoms with Crippen molar-refractivity contribution in [3.05, 3.63) is 76.6 Å². The predicted molar refractivity (Wildman–Crippen MR) is 127 cm³/mol. The summed E-state index contributed by atoms with van der Waals surface area (Å²) in [5, 5.41) is 10.3. The maximum Gasteiger partial charge on any atom is 0.310 e. The highest BCUT2D eigenvalue weighted by molar-refractivity contribution is 5.76. The molecule has 2 aromatic rings. The Balaban J connectivity index is 2.34. The normalized spacial score (nSPS) is 13.2. The molecule has 32 heavy (non-hydrogen) atoms. The van der Waals surface area contributed by atoms with Gasteiger partial charge in [-0.3, -0.25) is 4.79 Å².